The van der Waals surface area contributed by atoms with Gasteiger partial charge in [0.25, 0.3) is 0 Å². The Balaban J connectivity index is 1.86. The van der Waals surface area contributed by atoms with E-state index in [0.717, 1.165) is 24.8 Å². The molecule has 1 saturated heterocycles. The molecule has 1 aromatic rings. The second-order valence-electron chi connectivity index (χ2n) is 5.65. The number of hydrogen-bond donors (Lipinski definition) is 0. The average Bonchev–Trinajstić information content (AvgIpc) is 2.78. The first-order chi connectivity index (χ1) is 9.07. The first kappa shape index (κ1) is 12.9. The van der Waals surface area contributed by atoms with Gasteiger partial charge < -0.3 is 0 Å². The highest BCUT2D eigenvalue weighted by atomic mass is 32.2. The van der Waals surface area contributed by atoms with Gasteiger partial charge in [0.05, 0.1) is 11.5 Å². The molecule has 1 aliphatic heterocycles. The van der Waals surface area contributed by atoms with Crippen LogP contribution in [0.25, 0.3) is 0 Å². The first-order valence-electron chi connectivity index (χ1n) is 6.89. The van der Waals surface area contributed by atoms with Crippen LogP contribution in [0, 0.1) is 5.92 Å². The standard InChI is InChI=1S/C15H18O3S/c16-15(12-8-9-19(17,18)10-12)14-7-3-5-11-4-1-2-6-13(11)14/h1-2,4,6,12,14H,3,5,7-10H2. The van der Waals surface area contributed by atoms with Crippen LogP contribution in [0.2, 0.25) is 0 Å². The van der Waals surface area contributed by atoms with Crippen LogP contribution in [-0.2, 0) is 21.1 Å². The van der Waals surface area contributed by atoms with Crippen LogP contribution >= 0.6 is 0 Å². The Hall–Kier alpha value is -1.16. The second kappa shape index (κ2) is 4.75. The highest BCUT2D eigenvalue weighted by Crippen LogP contribution is 2.36. The summed E-state index contributed by atoms with van der Waals surface area (Å²) in [5.74, 6) is 0.0278. The van der Waals surface area contributed by atoms with E-state index < -0.39 is 9.84 Å². The Kier molecular flexibility index (Phi) is 3.21. The average molecular weight is 278 g/mol. The predicted molar refractivity (Wildman–Crippen MR) is 73.9 cm³/mol. The monoisotopic (exact) mass is 278 g/mol. The topological polar surface area (TPSA) is 51.2 Å². The summed E-state index contributed by atoms with van der Waals surface area (Å²) in [7, 11) is -2.98. The van der Waals surface area contributed by atoms with Crippen molar-refractivity contribution < 1.29 is 13.2 Å². The SMILES string of the molecule is O=C(C1CCS(=O)(=O)C1)C1CCCc2ccccc21. The summed E-state index contributed by atoms with van der Waals surface area (Å²) in [6.45, 7) is 0. The number of fused-ring (bicyclic) bond motifs is 1. The van der Waals surface area contributed by atoms with Crippen LogP contribution < -0.4 is 0 Å². The first-order valence-corrected chi connectivity index (χ1v) is 8.71. The van der Waals surface area contributed by atoms with Crippen molar-refractivity contribution in [3.05, 3.63) is 35.4 Å². The molecule has 0 N–H and O–H groups in total. The maximum absolute atomic E-state index is 12.6. The van der Waals surface area contributed by atoms with Crippen LogP contribution in [0.1, 0.15) is 36.3 Å². The van der Waals surface area contributed by atoms with Gasteiger partial charge >= 0.3 is 0 Å². The highest BCUT2D eigenvalue weighted by Gasteiger charge is 2.37. The van der Waals surface area contributed by atoms with Gasteiger partial charge in [-0.05, 0) is 36.8 Å². The van der Waals surface area contributed by atoms with Crippen molar-refractivity contribution in [2.24, 2.45) is 5.92 Å². The van der Waals surface area contributed by atoms with E-state index in [1.165, 1.54) is 5.56 Å². The molecule has 0 bridgehead atoms. The van der Waals surface area contributed by atoms with Gasteiger partial charge in [0.2, 0.25) is 0 Å². The maximum Gasteiger partial charge on any atom is 0.151 e. The molecule has 1 fully saturated rings. The van der Waals surface area contributed by atoms with Crippen LogP contribution in [0.5, 0.6) is 0 Å². The van der Waals surface area contributed by atoms with Crippen molar-refractivity contribution in [3.63, 3.8) is 0 Å². The van der Waals surface area contributed by atoms with Crippen LogP contribution in [0.4, 0.5) is 0 Å². The molecule has 1 heterocycles. The number of sulfone groups is 1. The third-order valence-corrected chi connectivity index (χ3v) is 6.12. The summed E-state index contributed by atoms with van der Waals surface area (Å²) < 4.78 is 23.0. The molecule has 2 atom stereocenters. The Morgan fingerprint density at radius 2 is 1.95 bits per heavy atom. The Morgan fingerprint density at radius 3 is 2.68 bits per heavy atom. The molecule has 2 aliphatic rings. The third-order valence-electron chi connectivity index (χ3n) is 4.35. The summed E-state index contributed by atoms with van der Waals surface area (Å²) in [4.78, 5) is 12.6. The number of carbonyl (C=O) groups is 1. The summed E-state index contributed by atoms with van der Waals surface area (Å²) in [6, 6.07) is 8.09. The summed E-state index contributed by atoms with van der Waals surface area (Å²) in [6.07, 6.45) is 3.43. The number of rotatable bonds is 2. The van der Waals surface area contributed by atoms with Crippen molar-refractivity contribution in [2.75, 3.05) is 11.5 Å². The van der Waals surface area contributed by atoms with Crippen molar-refractivity contribution in [1.82, 2.24) is 0 Å². The molecule has 1 aliphatic carbocycles. The smallest absolute Gasteiger partial charge is 0.151 e. The molecular formula is C15H18O3S. The van der Waals surface area contributed by atoms with Crippen LogP contribution in [0.3, 0.4) is 0 Å². The van der Waals surface area contributed by atoms with Gasteiger partial charge in [-0.2, -0.15) is 0 Å². The lowest BCUT2D eigenvalue weighted by Gasteiger charge is -2.26. The number of hydrogen-bond acceptors (Lipinski definition) is 3. The van der Waals surface area contributed by atoms with Gasteiger partial charge in [-0.25, -0.2) is 8.42 Å². The molecule has 1 aromatic carbocycles. The fraction of sp³-hybridized carbons (Fsp3) is 0.533. The van der Waals surface area contributed by atoms with Gasteiger partial charge in [0.1, 0.15) is 5.78 Å². The quantitative estimate of drug-likeness (QED) is 0.832. The Morgan fingerprint density at radius 1 is 1.16 bits per heavy atom. The molecule has 0 radical (unpaired) electrons. The number of ketones is 1. The van der Waals surface area contributed by atoms with Crippen molar-refractivity contribution >= 4 is 15.6 Å². The van der Waals surface area contributed by atoms with E-state index in [9.17, 15) is 13.2 Å². The van der Waals surface area contributed by atoms with Crippen LogP contribution in [0.15, 0.2) is 24.3 Å². The van der Waals surface area contributed by atoms with E-state index in [1.54, 1.807) is 0 Å². The molecule has 19 heavy (non-hydrogen) atoms. The minimum absolute atomic E-state index is 0.0600. The van der Waals surface area contributed by atoms with E-state index >= 15 is 0 Å². The fourth-order valence-electron chi connectivity index (χ4n) is 3.35. The molecule has 4 heteroatoms. The minimum atomic E-state index is -2.98. The van der Waals surface area contributed by atoms with E-state index in [1.807, 2.05) is 18.2 Å². The van der Waals surface area contributed by atoms with Crippen molar-refractivity contribution in [3.8, 4) is 0 Å². The molecule has 102 valence electrons. The van der Waals surface area contributed by atoms with Gasteiger partial charge in [-0.1, -0.05) is 24.3 Å². The molecule has 0 amide bonds. The molecule has 0 spiro atoms. The zero-order chi connectivity index (χ0) is 13.5. The zero-order valence-corrected chi connectivity index (χ0v) is 11.7. The molecule has 3 rings (SSSR count). The van der Waals surface area contributed by atoms with Crippen LogP contribution in [-0.4, -0.2) is 25.7 Å². The third kappa shape index (κ3) is 2.46. The zero-order valence-electron chi connectivity index (χ0n) is 10.8. The van der Waals surface area contributed by atoms with E-state index in [4.69, 9.17) is 0 Å². The normalized spacial score (nSPS) is 28.8. The second-order valence-corrected chi connectivity index (χ2v) is 7.87. The fourth-order valence-corrected chi connectivity index (χ4v) is 5.11. The lowest BCUT2D eigenvalue weighted by Crippen LogP contribution is -2.26. The summed E-state index contributed by atoms with van der Waals surface area (Å²) in [5, 5.41) is 0. The lowest BCUT2D eigenvalue weighted by molar-refractivity contribution is -0.123. The molecule has 0 aromatic heterocycles. The van der Waals surface area contributed by atoms with E-state index in [2.05, 4.69) is 6.07 Å². The van der Waals surface area contributed by atoms with Crippen molar-refractivity contribution in [1.29, 1.82) is 0 Å². The molecule has 0 saturated carbocycles. The molecule has 3 nitrogen and oxygen atoms in total. The van der Waals surface area contributed by atoms with Gasteiger partial charge in [-0.3, -0.25) is 4.79 Å². The summed E-state index contributed by atoms with van der Waals surface area (Å²) in [5.41, 5.74) is 2.39. The Labute approximate surface area is 113 Å². The van der Waals surface area contributed by atoms with Gasteiger partial charge in [-0.15, -0.1) is 0 Å². The number of aryl methyl sites for hydroxylation is 1. The number of carbonyl (C=O) groups excluding carboxylic acids is 1. The molecule has 2 unspecified atom stereocenters. The summed E-state index contributed by atoms with van der Waals surface area (Å²) >= 11 is 0. The number of Topliss-reactive ketones (excluding diaryl/α,β-unsaturated/α-hetero) is 1. The lowest BCUT2D eigenvalue weighted by atomic mass is 9.77. The van der Waals surface area contributed by atoms with Gasteiger partial charge in [0, 0.05) is 11.8 Å². The Bertz CT molecular complexity index is 604. The van der Waals surface area contributed by atoms with E-state index in [0.29, 0.717) is 6.42 Å². The minimum Gasteiger partial charge on any atom is -0.299 e. The largest absolute Gasteiger partial charge is 0.299 e. The van der Waals surface area contributed by atoms with Crippen molar-refractivity contribution in [2.45, 2.75) is 31.6 Å². The van der Waals surface area contributed by atoms with E-state index in [-0.39, 0.29) is 29.1 Å². The van der Waals surface area contributed by atoms with Gasteiger partial charge in [0.15, 0.2) is 9.84 Å². The maximum atomic E-state index is 12.6. The number of benzene rings is 1. The predicted octanol–water partition coefficient (Wildman–Crippen LogP) is 2.11. The molecular weight excluding hydrogens is 260 g/mol. The highest BCUT2D eigenvalue weighted by molar-refractivity contribution is 7.91.